The van der Waals surface area contributed by atoms with E-state index in [1.54, 1.807) is 0 Å². The van der Waals surface area contributed by atoms with Crippen LogP contribution in [0.15, 0.2) is 0 Å². The van der Waals surface area contributed by atoms with E-state index in [1.807, 2.05) is 0 Å². The van der Waals surface area contributed by atoms with Gasteiger partial charge in [0.1, 0.15) is 19.3 Å². The first kappa shape index (κ1) is 88.1. The number of esters is 4. The van der Waals surface area contributed by atoms with E-state index in [2.05, 4.69) is 48.5 Å². The molecule has 17 nitrogen and oxygen atoms in total. The molecule has 0 spiro atoms. The van der Waals surface area contributed by atoms with Crippen LogP contribution in [-0.4, -0.2) is 96.7 Å². The molecule has 534 valence electrons. The quantitative estimate of drug-likeness (QED) is 0.0222. The minimum Gasteiger partial charge on any atom is -0.462 e. The average molecular weight is 1330 g/mol. The Morgan fingerprint density at radius 2 is 0.567 bits per heavy atom. The monoisotopic (exact) mass is 1320 g/mol. The van der Waals surface area contributed by atoms with E-state index in [-0.39, 0.29) is 25.7 Å². The molecule has 0 fully saturated rings. The predicted octanol–water partition coefficient (Wildman–Crippen LogP) is 20.2. The number of hydrogen-bond acceptors (Lipinski definition) is 15. The summed E-state index contributed by atoms with van der Waals surface area (Å²) in [4.78, 5) is 72.6. The first-order chi connectivity index (χ1) is 43.3. The van der Waals surface area contributed by atoms with Crippen LogP contribution in [0.25, 0.3) is 0 Å². The second-order valence-corrected chi connectivity index (χ2v) is 29.7. The van der Waals surface area contributed by atoms with E-state index in [9.17, 15) is 43.2 Å². The third-order valence-electron chi connectivity index (χ3n) is 16.7. The number of phosphoric acid groups is 2. The van der Waals surface area contributed by atoms with E-state index in [0.717, 1.165) is 108 Å². The summed E-state index contributed by atoms with van der Waals surface area (Å²) in [7, 11) is -9.90. The molecule has 6 atom stereocenters. The summed E-state index contributed by atoms with van der Waals surface area (Å²) < 4.78 is 68.3. The van der Waals surface area contributed by atoms with Gasteiger partial charge in [-0.25, -0.2) is 9.13 Å². The van der Waals surface area contributed by atoms with Crippen molar-refractivity contribution < 1.29 is 80.2 Å². The molecular formula is C71H138O17P2. The molecule has 0 aromatic heterocycles. The molecule has 0 aromatic carbocycles. The molecule has 0 aliphatic heterocycles. The highest BCUT2D eigenvalue weighted by Crippen LogP contribution is 2.45. The van der Waals surface area contributed by atoms with E-state index >= 15 is 0 Å². The topological polar surface area (TPSA) is 237 Å². The number of unbranched alkanes of at least 4 members (excludes halogenated alkanes) is 36. The van der Waals surface area contributed by atoms with Gasteiger partial charge >= 0.3 is 39.5 Å². The van der Waals surface area contributed by atoms with Crippen LogP contribution >= 0.6 is 15.6 Å². The van der Waals surface area contributed by atoms with Crippen LogP contribution in [0.4, 0.5) is 0 Å². The number of ether oxygens (including phenoxy) is 4. The third kappa shape index (κ3) is 63.5. The fourth-order valence-corrected chi connectivity index (χ4v) is 12.3. The van der Waals surface area contributed by atoms with E-state index in [1.165, 1.54) is 161 Å². The maximum absolute atomic E-state index is 13.0. The molecule has 0 aliphatic carbocycles. The van der Waals surface area contributed by atoms with Gasteiger partial charge in [-0.2, -0.15) is 0 Å². The largest absolute Gasteiger partial charge is 0.472 e. The number of aliphatic hydroxyl groups is 1. The minimum atomic E-state index is -4.95. The standard InChI is InChI=1S/C71H138O17P2/c1-8-10-11-12-13-14-15-16-17-18-19-20-21-22-32-40-47-54-70(75)87-66(58-81-68(73)52-45-38-31-26-24-30-37-44-51-64(7)9-2)60-85-89(77,78)83-56-65(72)57-84-90(79,80)86-61-67(59-82-69(74)53-46-39-34-27-29-36-43-50-63(5)6)88-71(76)55-48-41-33-25-23-28-35-42-49-62(3)4/h62-67,72H,8-61H2,1-7H3,(H,77,78)(H,79,80)/t64?,65-,66-,67-/m1/s1. The van der Waals surface area contributed by atoms with Gasteiger partial charge in [-0.1, -0.05) is 305 Å². The third-order valence-corrected chi connectivity index (χ3v) is 18.6. The number of phosphoric ester groups is 2. The Labute approximate surface area is 549 Å². The Morgan fingerprint density at radius 1 is 0.322 bits per heavy atom. The summed E-state index contributed by atoms with van der Waals surface area (Å²) in [6, 6.07) is 0. The number of rotatable bonds is 69. The Hall–Kier alpha value is -1.94. The fourth-order valence-electron chi connectivity index (χ4n) is 10.7. The summed E-state index contributed by atoms with van der Waals surface area (Å²) in [6.07, 6.45) is 45.9. The van der Waals surface area contributed by atoms with Gasteiger partial charge in [0, 0.05) is 25.7 Å². The van der Waals surface area contributed by atoms with Crippen LogP contribution in [0.2, 0.25) is 0 Å². The van der Waals surface area contributed by atoms with Crippen molar-refractivity contribution in [2.45, 2.75) is 375 Å². The SMILES string of the molecule is CCCCCCCCCCCCCCCCCCCC(=O)O[C@H](COC(=O)CCCCCCCCCCC(C)CC)COP(=O)(O)OC[C@@H](O)COP(=O)(O)OC[C@@H](COC(=O)CCCCCCCCCC(C)C)OC(=O)CCCCCCCCCCC(C)C. The molecule has 3 unspecified atom stereocenters. The minimum absolute atomic E-state index is 0.103. The molecule has 0 saturated heterocycles. The summed E-state index contributed by atoms with van der Waals surface area (Å²) in [5, 5.41) is 10.6. The molecular weight excluding hydrogens is 1190 g/mol. The number of hydrogen-bond donors (Lipinski definition) is 3. The predicted molar refractivity (Wildman–Crippen MR) is 363 cm³/mol. The lowest BCUT2D eigenvalue weighted by molar-refractivity contribution is -0.161. The van der Waals surface area contributed by atoms with Gasteiger partial charge in [-0.05, 0) is 43.4 Å². The van der Waals surface area contributed by atoms with Crippen molar-refractivity contribution in [2.24, 2.45) is 17.8 Å². The maximum atomic E-state index is 13.0. The fraction of sp³-hybridized carbons (Fsp3) is 0.944. The summed E-state index contributed by atoms with van der Waals surface area (Å²) in [5.74, 6) is 0.0733. The van der Waals surface area contributed by atoms with Crippen molar-refractivity contribution in [3.05, 3.63) is 0 Å². The van der Waals surface area contributed by atoms with Gasteiger partial charge < -0.3 is 33.8 Å². The Balaban J connectivity index is 5.24. The molecule has 0 rings (SSSR count). The van der Waals surface area contributed by atoms with Gasteiger partial charge in [0.15, 0.2) is 12.2 Å². The van der Waals surface area contributed by atoms with E-state index in [0.29, 0.717) is 31.6 Å². The lowest BCUT2D eigenvalue weighted by Gasteiger charge is -2.21. The van der Waals surface area contributed by atoms with Gasteiger partial charge in [0.05, 0.1) is 26.4 Å². The number of carbonyl (C=O) groups excluding carboxylic acids is 4. The second kappa shape index (κ2) is 61.9. The zero-order valence-corrected chi connectivity index (χ0v) is 60.4. The molecule has 0 aliphatic rings. The normalized spacial score (nSPS) is 14.5. The summed E-state index contributed by atoms with van der Waals surface area (Å²) >= 11 is 0. The lowest BCUT2D eigenvalue weighted by Crippen LogP contribution is -2.30. The van der Waals surface area contributed by atoms with Crippen LogP contribution in [0.1, 0.15) is 357 Å². The first-order valence-electron chi connectivity index (χ1n) is 36.9. The lowest BCUT2D eigenvalue weighted by atomic mass is 9.99. The molecule has 90 heavy (non-hydrogen) atoms. The van der Waals surface area contributed by atoms with Gasteiger partial charge in [-0.3, -0.25) is 37.3 Å². The van der Waals surface area contributed by atoms with Crippen molar-refractivity contribution in [1.29, 1.82) is 0 Å². The Kier molecular flexibility index (Phi) is 60.6. The van der Waals surface area contributed by atoms with Gasteiger partial charge in [0.25, 0.3) is 0 Å². The number of aliphatic hydroxyl groups excluding tert-OH is 1. The van der Waals surface area contributed by atoms with Gasteiger partial charge in [-0.15, -0.1) is 0 Å². The van der Waals surface area contributed by atoms with E-state index in [4.69, 9.17) is 37.0 Å². The van der Waals surface area contributed by atoms with Crippen molar-refractivity contribution in [1.82, 2.24) is 0 Å². The van der Waals surface area contributed by atoms with E-state index < -0.39 is 97.5 Å². The van der Waals surface area contributed by atoms with Crippen LogP contribution in [0.3, 0.4) is 0 Å². The molecule has 0 heterocycles. The molecule has 0 radical (unpaired) electrons. The highest BCUT2D eigenvalue weighted by atomic mass is 31.2. The molecule has 0 saturated carbocycles. The van der Waals surface area contributed by atoms with Gasteiger partial charge in [0.2, 0.25) is 0 Å². The highest BCUT2D eigenvalue weighted by Gasteiger charge is 2.30. The molecule has 0 amide bonds. The molecule has 3 N–H and O–H groups in total. The number of carbonyl (C=O) groups is 4. The van der Waals surface area contributed by atoms with Crippen molar-refractivity contribution in [2.75, 3.05) is 39.6 Å². The van der Waals surface area contributed by atoms with Crippen molar-refractivity contribution in [3.8, 4) is 0 Å². The van der Waals surface area contributed by atoms with Crippen LogP contribution in [0, 0.1) is 17.8 Å². The molecule has 0 bridgehead atoms. The Bertz CT molecular complexity index is 1770. The molecule has 0 aromatic rings. The van der Waals surface area contributed by atoms with Crippen molar-refractivity contribution >= 4 is 39.5 Å². The zero-order chi connectivity index (χ0) is 66.6. The summed E-state index contributed by atoms with van der Waals surface area (Å²) in [6.45, 7) is 11.8. The first-order valence-corrected chi connectivity index (χ1v) is 39.9. The van der Waals surface area contributed by atoms with Crippen LogP contribution in [0.5, 0.6) is 0 Å². The highest BCUT2D eigenvalue weighted by molar-refractivity contribution is 7.47. The van der Waals surface area contributed by atoms with Crippen LogP contribution in [-0.2, 0) is 65.4 Å². The average Bonchev–Trinajstić information content (AvgIpc) is 3.19. The maximum Gasteiger partial charge on any atom is 0.472 e. The van der Waals surface area contributed by atoms with Crippen LogP contribution < -0.4 is 0 Å². The van der Waals surface area contributed by atoms with Crippen molar-refractivity contribution in [3.63, 3.8) is 0 Å². The summed E-state index contributed by atoms with van der Waals surface area (Å²) in [5.41, 5.74) is 0. The Morgan fingerprint density at radius 3 is 0.844 bits per heavy atom. The molecule has 19 heteroatoms. The second-order valence-electron chi connectivity index (χ2n) is 26.8. The smallest absolute Gasteiger partial charge is 0.462 e. The zero-order valence-electron chi connectivity index (χ0n) is 58.6.